The normalized spacial score (nSPS) is 13.1. The molecule has 0 aliphatic rings. The molecule has 0 spiro atoms. The van der Waals surface area contributed by atoms with E-state index >= 15 is 0 Å². The lowest BCUT2D eigenvalue weighted by Crippen LogP contribution is -2.60. The minimum atomic E-state index is -1.47. The highest BCUT2D eigenvalue weighted by atomic mass is 16.5. The Hall–Kier alpha value is -5.99. The van der Waals surface area contributed by atoms with Crippen LogP contribution >= 0.6 is 0 Å². The number of carbonyl (C=O) groups is 8. The van der Waals surface area contributed by atoms with Crippen molar-refractivity contribution in [3.8, 4) is 0 Å². The number of hydrogen-bond donors (Lipinski definition) is 10. The summed E-state index contributed by atoms with van der Waals surface area (Å²) < 4.78 is 10.1. The van der Waals surface area contributed by atoms with Crippen LogP contribution in [-0.4, -0.2) is 114 Å². The van der Waals surface area contributed by atoms with Gasteiger partial charge in [0.05, 0.1) is 7.11 Å². The molecule has 1 aromatic carbocycles. The molecule has 21 nitrogen and oxygen atoms in total. The van der Waals surface area contributed by atoms with Gasteiger partial charge in [-0.05, 0) is 62.5 Å². The van der Waals surface area contributed by atoms with Gasteiger partial charge in [0.15, 0.2) is 5.96 Å². The number of hydrogen-bond acceptors (Lipinski definition) is 12. The van der Waals surface area contributed by atoms with Gasteiger partial charge in [0.2, 0.25) is 23.6 Å². The average molecular weight is 838 g/mol. The van der Waals surface area contributed by atoms with Gasteiger partial charge in [-0.3, -0.25) is 33.8 Å². The fourth-order valence-electron chi connectivity index (χ4n) is 5.18. The molecule has 21 heteroatoms. The third kappa shape index (κ3) is 23.7. The fraction of sp³-hybridized carbons (Fsp3) is 0.605. The number of nitrogens with zero attached hydrogens (tertiary/aromatic N) is 1. The van der Waals surface area contributed by atoms with Crippen LogP contribution in [0, 0.1) is 11.8 Å². The zero-order chi connectivity index (χ0) is 45.1. The summed E-state index contributed by atoms with van der Waals surface area (Å²) in [5, 5.41) is 29.7. The predicted octanol–water partition coefficient (Wildman–Crippen LogP) is -0.156. The highest BCUT2D eigenvalue weighted by molar-refractivity contribution is 5.96. The number of nitrogens with one attached hydrogen (secondary N) is 5. The molecule has 0 radical (unpaired) electrons. The quantitative estimate of drug-likeness (QED) is 0.0265. The maximum atomic E-state index is 13.8. The molecule has 5 unspecified atom stereocenters. The van der Waals surface area contributed by atoms with Crippen LogP contribution in [0.15, 0.2) is 35.3 Å². The summed E-state index contributed by atoms with van der Waals surface area (Å²) in [7, 11) is 1.18. The Morgan fingerprint density at radius 3 is 1.68 bits per heavy atom. The molecule has 332 valence electrons. The molecule has 0 aliphatic heterocycles. The van der Waals surface area contributed by atoms with Crippen molar-refractivity contribution in [2.75, 3.05) is 20.2 Å². The van der Waals surface area contributed by atoms with E-state index in [4.69, 9.17) is 36.6 Å². The monoisotopic (exact) mass is 837 g/mol. The molecule has 59 heavy (non-hydrogen) atoms. The van der Waals surface area contributed by atoms with Gasteiger partial charge in [-0.25, -0.2) is 9.59 Å². The van der Waals surface area contributed by atoms with Crippen LogP contribution in [0.1, 0.15) is 85.1 Å². The molecule has 0 bridgehead atoms. The lowest BCUT2D eigenvalue weighted by molar-refractivity contribution is -0.147. The van der Waals surface area contributed by atoms with Gasteiger partial charge in [0.25, 0.3) is 5.97 Å². The molecule has 1 aromatic rings. The standard InChI is InChI=1S/C36H59N9O10.C2H4O2/c1-21(2)28(33(51)45-29(22(3)4)34(52)54-5)44-32(50)26(16-17-27(46)47)42-30(48)24(15-11-19-40-35(38)39)41-31(49)25(14-9-10-18-37)43-36(53)55-20-23-12-7-6-8-13-23;1-2(3)4/h6-8,12-13,21-22,24-26,28-29H,9-11,14-20,37H2,1-5H3,(H,41,49)(H,42,48)(H,43,53)(H,44,50)(H,45,51)(H,46,47)(H4,38,39,40);1H3,(H,3,4). The number of aliphatic imine (C=N–C) groups is 1. The first kappa shape index (κ1) is 53.0. The first-order chi connectivity index (χ1) is 27.7. The largest absolute Gasteiger partial charge is 0.481 e. The number of amides is 5. The van der Waals surface area contributed by atoms with Crippen LogP contribution in [0.2, 0.25) is 0 Å². The number of benzene rings is 1. The van der Waals surface area contributed by atoms with Gasteiger partial charge in [0.1, 0.15) is 36.8 Å². The van der Waals surface area contributed by atoms with Crippen molar-refractivity contribution in [1.29, 1.82) is 0 Å². The number of guanidine groups is 1. The summed E-state index contributed by atoms with van der Waals surface area (Å²) in [6.45, 7) is 8.15. The molecule has 5 atom stereocenters. The Morgan fingerprint density at radius 2 is 1.19 bits per heavy atom. The Kier molecular flexibility index (Phi) is 26.3. The third-order valence-electron chi connectivity index (χ3n) is 8.29. The van der Waals surface area contributed by atoms with Gasteiger partial charge in [-0.2, -0.15) is 0 Å². The Morgan fingerprint density at radius 1 is 0.695 bits per heavy atom. The first-order valence-electron chi connectivity index (χ1n) is 19.2. The lowest BCUT2D eigenvalue weighted by atomic mass is 9.99. The molecular formula is C38H63N9O12. The lowest BCUT2D eigenvalue weighted by Gasteiger charge is -2.28. The van der Waals surface area contributed by atoms with Gasteiger partial charge < -0.3 is 63.5 Å². The van der Waals surface area contributed by atoms with Crippen LogP contribution < -0.4 is 43.8 Å². The predicted molar refractivity (Wildman–Crippen MR) is 216 cm³/mol. The molecule has 0 saturated heterocycles. The second-order valence-electron chi connectivity index (χ2n) is 14.0. The minimum Gasteiger partial charge on any atom is -0.481 e. The van der Waals surface area contributed by atoms with Crippen molar-refractivity contribution in [3.05, 3.63) is 35.9 Å². The molecule has 0 fully saturated rings. The van der Waals surface area contributed by atoms with Crippen molar-refractivity contribution in [1.82, 2.24) is 26.6 Å². The summed E-state index contributed by atoms with van der Waals surface area (Å²) in [6.07, 6.45) is -0.461. The molecule has 13 N–H and O–H groups in total. The summed E-state index contributed by atoms with van der Waals surface area (Å²) in [5.74, 6) is -6.98. The van der Waals surface area contributed by atoms with E-state index in [1.807, 2.05) is 6.07 Å². The SMILES string of the molecule is CC(=O)O.COC(=O)C(NC(=O)C(NC(=O)C(CCC(=O)O)NC(=O)C(CCCN=C(N)N)NC(=O)C(CCCCN)NC(=O)OCc1ccccc1)C(C)C)C(C)C. The molecule has 1 rings (SSSR count). The van der Waals surface area contributed by atoms with Crippen molar-refractivity contribution in [2.24, 2.45) is 34.0 Å². The first-order valence-corrected chi connectivity index (χ1v) is 19.2. The van der Waals surface area contributed by atoms with Gasteiger partial charge >= 0.3 is 18.0 Å². The van der Waals surface area contributed by atoms with Crippen molar-refractivity contribution >= 4 is 53.6 Å². The van der Waals surface area contributed by atoms with E-state index in [9.17, 15) is 38.7 Å². The fourth-order valence-corrected chi connectivity index (χ4v) is 5.18. The maximum absolute atomic E-state index is 13.8. The molecule has 0 saturated carbocycles. The van der Waals surface area contributed by atoms with Crippen LogP contribution in [-0.2, 0) is 49.6 Å². The second-order valence-corrected chi connectivity index (χ2v) is 14.0. The average Bonchev–Trinajstić information content (AvgIpc) is 3.16. The summed E-state index contributed by atoms with van der Waals surface area (Å²) >= 11 is 0. The summed E-state index contributed by atoms with van der Waals surface area (Å²) in [5.41, 5.74) is 17.2. The molecule has 0 aromatic heterocycles. The Balaban J connectivity index is 0.00000801. The number of ether oxygens (including phenoxy) is 2. The van der Waals surface area contributed by atoms with Crippen LogP contribution in [0.4, 0.5) is 4.79 Å². The number of methoxy groups -OCH3 is 1. The number of aliphatic carboxylic acids is 2. The maximum Gasteiger partial charge on any atom is 0.408 e. The molecule has 0 heterocycles. The van der Waals surface area contributed by atoms with Gasteiger partial charge in [-0.15, -0.1) is 0 Å². The van der Waals surface area contributed by atoms with E-state index in [1.54, 1.807) is 52.0 Å². The highest BCUT2D eigenvalue weighted by Crippen LogP contribution is 2.11. The molecule has 0 aliphatic carbocycles. The van der Waals surface area contributed by atoms with Crippen molar-refractivity contribution < 1.29 is 58.0 Å². The summed E-state index contributed by atoms with van der Waals surface area (Å²) in [6, 6.07) is 2.77. The molecular weight excluding hydrogens is 774 g/mol. The third-order valence-corrected chi connectivity index (χ3v) is 8.29. The minimum absolute atomic E-state index is 0.0310. The Bertz CT molecular complexity index is 1530. The van der Waals surface area contributed by atoms with E-state index in [0.717, 1.165) is 12.5 Å². The topological polar surface area (TPSA) is 346 Å². The number of unbranched alkanes of at least 4 members (excludes halogenated alkanes) is 1. The number of nitrogens with two attached hydrogens (primary N) is 3. The zero-order valence-electron chi connectivity index (χ0n) is 34.7. The van der Waals surface area contributed by atoms with Crippen LogP contribution in [0.3, 0.4) is 0 Å². The number of carbonyl (C=O) groups excluding carboxylic acids is 6. The van der Waals surface area contributed by atoms with E-state index in [2.05, 4.69) is 31.6 Å². The summed E-state index contributed by atoms with van der Waals surface area (Å²) in [4.78, 5) is 104. The van der Waals surface area contributed by atoms with E-state index in [0.29, 0.717) is 19.4 Å². The van der Waals surface area contributed by atoms with Gasteiger partial charge in [-0.1, -0.05) is 58.0 Å². The Labute approximate surface area is 344 Å². The van der Waals surface area contributed by atoms with Crippen LogP contribution in [0.25, 0.3) is 0 Å². The van der Waals surface area contributed by atoms with E-state index in [-0.39, 0.29) is 50.7 Å². The smallest absolute Gasteiger partial charge is 0.408 e. The molecule has 5 amide bonds. The van der Waals surface area contributed by atoms with Crippen molar-refractivity contribution in [3.63, 3.8) is 0 Å². The van der Waals surface area contributed by atoms with Crippen LogP contribution in [0.5, 0.6) is 0 Å². The highest BCUT2D eigenvalue weighted by Gasteiger charge is 2.34. The van der Waals surface area contributed by atoms with Gasteiger partial charge in [0, 0.05) is 19.9 Å². The van der Waals surface area contributed by atoms with E-state index in [1.165, 1.54) is 7.11 Å². The van der Waals surface area contributed by atoms with E-state index < -0.39 is 90.2 Å². The second kappa shape index (κ2) is 29.3. The number of esters is 1. The number of carboxylic acids is 2. The number of rotatable bonds is 25. The number of carboxylic acid groups (broad SMARTS) is 2. The number of alkyl carbamates (subject to hydrolysis) is 1. The van der Waals surface area contributed by atoms with Crippen molar-refractivity contribution in [2.45, 2.75) is 116 Å². The zero-order valence-corrected chi connectivity index (χ0v) is 34.7.